The van der Waals surface area contributed by atoms with Crippen molar-refractivity contribution in [2.24, 2.45) is 0 Å². The van der Waals surface area contributed by atoms with E-state index in [1.54, 1.807) is 24.1 Å². The summed E-state index contributed by atoms with van der Waals surface area (Å²) in [5.74, 6) is 0.0458. The van der Waals surface area contributed by atoms with Crippen LogP contribution in [0.5, 0.6) is 5.75 Å². The van der Waals surface area contributed by atoms with Gasteiger partial charge in [-0.1, -0.05) is 37.3 Å². The number of amides is 2. The first-order valence-electron chi connectivity index (χ1n) is 9.14. The van der Waals surface area contributed by atoms with Crippen LogP contribution >= 0.6 is 0 Å². The molecule has 2 N–H and O–H groups in total. The third kappa shape index (κ3) is 7.00. The SMILES string of the molecule is CCN(CC(=O)NCc1ccc(F)cc1)CC(=O)NCc1ccccc1OC. The van der Waals surface area contributed by atoms with Crippen molar-refractivity contribution in [3.63, 3.8) is 0 Å². The van der Waals surface area contributed by atoms with E-state index < -0.39 is 0 Å². The third-order valence-electron chi connectivity index (χ3n) is 4.25. The molecule has 28 heavy (non-hydrogen) atoms. The highest BCUT2D eigenvalue weighted by Crippen LogP contribution is 2.16. The van der Waals surface area contributed by atoms with Gasteiger partial charge in [-0.2, -0.15) is 0 Å². The smallest absolute Gasteiger partial charge is 0.234 e. The molecule has 0 radical (unpaired) electrons. The number of ether oxygens (including phenoxy) is 1. The first-order valence-corrected chi connectivity index (χ1v) is 9.14. The second-order valence-corrected chi connectivity index (χ2v) is 6.30. The molecule has 2 aromatic rings. The van der Waals surface area contributed by atoms with Gasteiger partial charge in [0, 0.05) is 18.7 Å². The highest BCUT2D eigenvalue weighted by atomic mass is 19.1. The first kappa shape index (κ1) is 21.4. The number of nitrogens with one attached hydrogen (secondary N) is 2. The van der Waals surface area contributed by atoms with Gasteiger partial charge >= 0.3 is 0 Å². The summed E-state index contributed by atoms with van der Waals surface area (Å²) in [7, 11) is 1.59. The molecule has 150 valence electrons. The number of rotatable bonds is 10. The maximum Gasteiger partial charge on any atom is 0.234 e. The van der Waals surface area contributed by atoms with Gasteiger partial charge in [0.15, 0.2) is 0 Å². The normalized spacial score (nSPS) is 10.6. The zero-order chi connectivity index (χ0) is 20.4. The summed E-state index contributed by atoms with van der Waals surface area (Å²) in [5, 5.41) is 5.63. The Labute approximate surface area is 164 Å². The maximum atomic E-state index is 12.9. The van der Waals surface area contributed by atoms with E-state index in [1.807, 2.05) is 31.2 Å². The van der Waals surface area contributed by atoms with Crippen LogP contribution in [-0.4, -0.2) is 43.5 Å². The number of carbonyl (C=O) groups excluding carboxylic acids is 2. The summed E-state index contributed by atoms with van der Waals surface area (Å²) in [5.41, 5.74) is 1.70. The van der Waals surface area contributed by atoms with Crippen molar-refractivity contribution in [1.29, 1.82) is 0 Å². The molecule has 0 atom stereocenters. The van der Waals surface area contributed by atoms with Crippen molar-refractivity contribution in [1.82, 2.24) is 15.5 Å². The number of benzene rings is 2. The average molecular weight is 387 g/mol. The molecule has 0 aromatic heterocycles. The van der Waals surface area contributed by atoms with E-state index in [2.05, 4.69) is 10.6 Å². The lowest BCUT2D eigenvalue weighted by atomic mass is 10.2. The molecule has 0 unspecified atom stereocenters. The molecule has 0 heterocycles. The lowest BCUT2D eigenvalue weighted by molar-refractivity contribution is -0.125. The van der Waals surface area contributed by atoms with Crippen molar-refractivity contribution < 1.29 is 18.7 Å². The maximum absolute atomic E-state index is 12.9. The van der Waals surface area contributed by atoms with Gasteiger partial charge in [0.2, 0.25) is 11.8 Å². The number of hydrogen-bond acceptors (Lipinski definition) is 4. The summed E-state index contributed by atoms with van der Waals surface area (Å²) in [6, 6.07) is 13.4. The molecular weight excluding hydrogens is 361 g/mol. The van der Waals surface area contributed by atoms with Crippen LogP contribution in [0, 0.1) is 5.82 Å². The van der Waals surface area contributed by atoms with Crippen molar-refractivity contribution in [2.75, 3.05) is 26.7 Å². The zero-order valence-electron chi connectivity index (χ0n) is 16.2. The van der Waals surface area contributed by atoms with Gasteiger partial charge in [-0.3, -0.25) is 14.5 Å². The van der Waals surface area contributed by atoms with Crippen LogP contribution in [0.4, 0.5) is 4.39 Å². The summed E-state index contributed by atoms with van der Waals surface area (Å²) >= 11 is 0. The topological polar surface area (TPSA) is 70.7 Å². The van der Waals surface area contributed by atoms with E-state index in [1.165, 1.54) is 12.1 Å². The molecule has 0 aliphatic rings. The Bertz CT molecular complexity index is 781. The van der Waals surface area contributed by atoms with Gasteiger partial charge in [-0.25, -0.2) is 4.39 Å². The van der Waals surface area contributed by atoms with Gasteiger partial charge in [-0.15, -0.1) is 0 Å². The molecule has 7 heteroatoms. The molecule has 2 rings (SSSR count). The minimum atomic E-state index is -0.314. The Morgan fingerprint density at radius 3 is 2.18 bits per heavy atom. The standard InChI is InChI=1S/C21H26FN3O3/c1-3-25(14-20(26)23-12-16-8-10-18(22)11-9-16)15-21(27)24-13-17-6-4-5-7-19(17)28-2/h4-11H,3,12-15H2,1-2H3,(H,23,26)(H,24,27). The van der Waals surface area contributed by atoms with Crippen molar-refractivity contribution >= 4 is 11.8 Å². The highest BCUT2D eigenvalue weighted by molar-refractivity contribution is 5.81. The van der Waals surface area contributed by atoms with Crippen LogP contribution in [0.25, 0.3) is 0 Å². The summed E-state index contributed by atoms with van der Waals surface area (Å²) < 4.78 is 18.2. The fourth-order valence-corrected chi connectivity index (χ4v) is 2.64. The molecule has 2 aromatic carbocycles. The quantitative estimate of drug-likeness (QED) is 0.655. The molecule has 0 aliphatic heterocycles. The predicted octanol–water partition coefficient (Wildman–Crippen LogP) is 2.09. The Hall–Kier alpha value is -2.93. The molecule has 0 bridgehead atoms. The number of hydrogen-bond donors (Lipinski definition) is 2. The minimum Gasteiger partial charge on any atom is -0.496 e. The number of halogens is 1. The lowest BCUT2D eigenvalue weighted by Crippen LogP contribution is -2.42. The molecule has 0 spiro atoms. The minimum absolute atomic E-state index is 0.111. The zero-order valence-corrected chi connectivity index (χ0v) is 16.2. The second-order valence-electron chi connectivity index (χ2n) is 6.30. The molecule has 0 saturated heterocycles. The van der Waals surface area contributed by atoms with E-state index in [0.717, 1.165) is 16.9 Å². The number of carbonyl (C=O) groups is 2. The summed E-state index contributed by atoms with van der Waals surface area (Å²) in [6.07, 6.45) is 0. The van der Waals surface area contributed by atoms with Crippen LogP contribution in [0.2, 0.25) is 0 Å². The number of methoxy groups -OCH3 is 1. The van der Waals surface area contributed by atoms with E-state index in [-0.39, 0.29) is 30.7 Å². The van der Waals surface area contributed by atoms with Gasteiger partial charge in [0.25, 0.3) is 0 Å². The van der Waals surface area contributed by atoms with Crippen LogP contribution in [0.15, 0.2) is 48.5 Å². The molecular formula is C21H26FN3O3. The van der Waals surface area contributed by atoms with Gasteiger partial charge < -0.3 is 15.4 Å². The van der Waals surface area contributed by atoms with Crippen LogP contribution in [-0.2, 0) is 22.7 Å². The molecule has 6 nitrogen and oxygen atoms in total. The fourth-order valence-electron chi connectivity index (χ4n) is 2.64. The Balaban J connectivity index is 1.76. The van der Waals surface area contributed by atoms with Crippen molar-refractivity contribution in [3.8, 4) is 5.75 Å². The van der Waals surface area contributed by atoms with E-state index >= 15 is 0 Å². The number of likely N-dealkylation sites (N-methyl/N-ethyl adjacent to an activating group) is 1. The summed E-state index contributed by atoms with van der Waals surface area (Å²) in [6.45, 7) is 3.36. The van der Waals surface area contributed by atoms with Crippen LogP contribution < -0.4 is 15.4 Å². The van der Waals surface area contributed by atoms with Crippen molar-refractivity contribution in [3.05, 3.63) is 65.5 Å². The second kappa shape index (κ2) is 11.0. The summed E-state index contributed by atoms with van der Waals surface area (Å²) in [4.78, 5) is 26.1. The van der Waals surface area contributed by atoms with E-state index in [4.69, 9.17) is 4.74 Å². The van der Waals surface area contributed by atoms with Crippen molar-refractivity contribution in [2.45, 2.75) is 20.0 Å². The van der Waals surface area contributed by atoms with Crippen LogP contribution in [0.1, 0.15) is 18.1 Å². The van der Waals surface area contributed by atoms with E-state index in [0.29, 0.717) is 19.6 Å². The average Bonchev–Trinajstić information content (AvgIpc) is 2.71. The Kier molecular flexibility index (Phi) is 8.42. The Morgan fingerprint density at radius 1 is 0.964 bits per heavy atom. The molecule has 0 saturated carbocycles. The van der Waals surface area contributed by atoms with Gasteiger partial charge in [-0.05, 0) is 30.3 Å². The monoisotopic (exact) mass is 387 g/mol. The third-order valence-corrected chi connectivity index (χ3v) is 4.25. The number of para-hydroxylation sites is 1. The van der Waals surface area contributed by atoms with Gasteiger partial charge in [0.05, 0.1) is 20.2 Å². The molecule has 2 amide bonds. The lowest BCUT2D eigenvalue weighted by Gasteiger charge is -2.19. The van der Waals surface area contributed by atoms with Crippen LogP contribution in [0.3, 0.4) is 0 Å². The van der Waals surface area contributed by atoms with E-state index in [9.17, 15) is 14.0 Å². The fraction of sp³-hybridized carbons (Fsp3) is 0.333. The highest BCUT2D eigenvalue weighted by Gasteiger charge is 2.13. The Morgan fingerprint density at radius 2 is 1.57 bits per heavy atom. The molecule has 0 aliphatic carbocycles. The largest absolute Gasteiger partial charge is 0.496 e. The number of nitrogens with zero attached hydrogens (tertiary/aromatic N) is 1. The van der Waals surface area contributed by atoms with Gasteiger partial charge in [0.1, 0.15) is 11.6 Å². The molecule has 0 fully saturated rings. The first-order chi connectivity index (χ1) is 13.5. The predicted molar refractivity (Wildman–Crippen MR) is 105 cm³/mol.